The molecule has 76 heavy (non-hydrogen) atoms. The molecule has 9 rings (SSSR count). The minimum atomic E-state index is 0.455. The summed E-state index contributed by atoms with van der Waals surface area (Å²) >= 11 is 0. The second-order valence-corrected chi connectivity index (χ2v) is 18.6. The maximum absolute atomic E-state index is 6.95. The van der Waals surface area contributed by atoms with Crippen LogP contribution < -0.4 is 18.9 Å². The highest BCUT2D eigenvalue weighted by Gasteiger charge is 2.25. The van der Waals surface area contributed by atoms with Crippen LogP contribution in [-0.2, 0) is 25.7 Å². The SMILES string of the molecule is CCCOc1c2cc(N=Cc3ccncc3)cc1Cc1cc(N=Cc3ccncc3)cc(c1OCCC)Cc1cc(N=Cc3ccncc3)cc(c1OCCC)Cc1cc(N=Cc3ccncc3)cc(c1OCCC)C2. The van der Waals surface area contributed by atoms with Crippen molar-refractivity contribution in [3.05, 3.63) is 213 Å². The molecular formula is C64H64N8O4. The summed E-state index contributed by atoms with van der Waals surface area (Å²) in [6.07, 6.45) is 26.8. The third-order valence-electron chi connectivity index (χ3n) is 12.5. The minimum absolute atomic E-state index is 0.455. The summed E-state index contributed by atoms with van der Waals surface area (Å²) in [6, 6.07) is 32.8. The summed E-state index contributed by atoms with van der Waals surface area (Å²) in [7, 11) is 0. The van der Waals surface area contributed by atoms with E-state index in [2.05, 4.69) is 96.2 Å². The molecule has 0 amide bonds. The van der Waals surface area contributed by atoms with Crippen LogP contribution in [0.1, 0.15) is 120 Å². The Balaban J connectivity index is 1.35. The van der Waals surface area contributed by atoms with Crippen molar-refractivity contribution in [2.75, 3.05) is 26.4 Å². The Hall–Kier alpha value is -8.64. The number of ether oxygens (including phenoxy) is 4. The van der Waals surface area contributed by atoms with E-state index in [0.29, 0.717) is 52.1 Å². The number of hydrogen-bond acceptors (Lipinski definition) is 12. The predicted molar refractivity (Wildman–Crippen MR) is 306 cm³/mol. The number of aliphatic imine (C=N–C) groups is 4. The topological polar surface area (TPSA) is 138 Å². The van der Waals surface area contributed by atoms with Gasteiger partial charge in [-0.25, -0.2) is 0 Å². The molecule has 384 valence electrons. The van der Waals surface area contributed by atoms with Gasteiger partial charge in [0.05, 0.1) is 49.2 Å². The lowest BCUT2D eigenvalue weighted by Gasteiger charge is -2.24. The Morgan fingerprint density at radius 2 is 0.500 bits per heavy atom. The van der Waals surface area contributed by atoms with Gasteiger partial charge in [-0.3, -0.25) is 39.9 Å². The lowest BCUT2D eigenvalue weighted by atomic mass is 9.90. The van der Waals surface area contributed by atoms with E-state index in [4.69, 9.17) is 38.9 Å². The molecule has 0 unspecified atom stereocenters. The van der Waals surface area contributed by atoms with Crippen LogP contribution in [0.5, 0.6) is 23.0 Å². The zero-order valence-electron chi connectivity index (χ0n) is 43.9. The number of aromatic nitrogens is 4. The first kappa shape index (κ1) is 52.2. The standard InChI is InChI=1S/C64H64N8O4/c1-5-25-73-61-49-29-51-35-58(70-42-46-11-19-66-20-12-46)37-53(62(51)74-26-6-2)31-55-39-60(72-44-48-15-23-68-24-16-48)40-56(64(55)76-28-8-4)32-54-38-59(71-43-47-13-21-67-22-14-47)36-52(63(54)75-27-7-3)30-50(61)34-57(33-49)69-41-45-9-17-65-18-10-45/h9-24,33-44H,5-8,25-32H2,1-4H3. The van der Waals surface area contributed by atoms with E-state index in [0.717, 1.165) is 138 Å². The third-order valence-corrected chi connectivity index (χ3v) is 12.5. The van der Waals surface area contributed by atoms with Gasteiger partial charge < -0.3 is 18.9 Å². The number of rotatable bonds is 20. The normalized spacial score (nSPS) is 12.5. The predicted octanol–water partition coefficient (Wildman–Crippen LogP) is 14.1. The highest BCUT2D eigenvalue weighted by Crippen LogP contribution is 2.44. The van der Waals surface area contributed by atoms with E-state index in [1.807, 2.05) is 73.4 Å². The molecule has 0 spiro atoms. The van der Waals surface area contributed by atoms with Crippen molar-refractivity contribution in [1.82, 2.24) is 19.9 Å². The number of benzene rings is 4. The Kier molecular flexibility index (Phi) is 18.2. The first-order valence-electron chi connectivity index (χ1n) is 26.4. The molecule has 0 atom stereocenters. The molecule has 4 aromatic heterocycles. The van der Waals surface area contributed by atoms with E-state index < -0.39 is 0 Å². The van der Waals surface area contributed by atoms with Gasteiger partial charge in [0.25, 0.3) is 0 Å². The van der Waals surface area contributed by atoms with Crippen molar-refractivity contribution in [2.45, 2.75) is 79.1 Å². The molecular weight excluding hydrogens is 945 g/mol. The molecule has 8 bridgehead atoms. The van der Waals surface area contributed by atoms with E-state index in [-0.39, 0.29) is 0 Å². The van der Waals surface area contributed by atoms with Gasteiger partial charge in [-0.15, -0.1) is 0 Å². The maximum atomic E-state index is 6.95. The first-order chi connectivity index (χ1) is 37.5. The summed E-state index contributed by atoms with van der Waals surface area (Å²) in [4.78, 5) is 37.5. The molecule has 0 N–H and O–H groups in total. The third kappa shape index (κ3) is 13.9. The van der Waals surface area contributed by atoms with E-state index in [1.54, 1.807) is 49.6 Å². The number of fused-ring (bicyclic) bond motifs is 8. The fourth-order valence-electron chi connectivity index (χ4n) is 9.07. The van der Waals surface area contributed by atoms with E-state index in [9.17, 15) is 0 Å². The first-order valence-corrected chi connectivity index (χ1v) is 26.4. The second-order valence-electron chi connectivity index (χ2n) is 18.6. The van der Waals surface area contributed by atoms with Gasteiger partial charge >= 0.3 is 0 Å². The second kappa shape index (κ2) is 26.5. The van der Waals surface area contributed by atoms with Crippen LogP contribution in [0.25, 0.3) is 0 Å². The quantitative estimate of drug-likeness (QED) is 0.0688. The number of pyridine rings is 4. The summed E-state index contributed by atoms with van der Waals surface area (Å²) in [5.74, 6) is 3.21. The molecule has 8 aromatic rings. The lowest BCUT2D eigenvalue weighted by molar-refractivity contribution is 0.304. The van der Waals surface area contributed by atoms with Gasteiger partial charge in [-0.1, -0.05) is 27.7 Å². The minimum Gasteiger partial charge on any atom is -0.493 e. The average Bonchev–Trinajstić information content (AvgIpc) is 3.46. The molecule has 12 nitrogen and oxygen atoms in total. The highest BCUT2D eigenvalue weighted by atomic mass is 16.5. The Bertz CT molecular complexity index is 2770. The van der Waals surface area contributed by atoms with Crippen molar-refractivity contribution in [3.8, 4) is 23.0 Å². The van der Waals surface area contributed by atoms with E-state index in [1.165, 1.54) is 0 Å². The van der Waals surface area contributed by atoms with Gasteiger partial charge in [0.1, 0.15) is 23.0 Å². The molecule has 4 heterocycles. The molecule has 0 saturated heterocycles. The average molecular weight is 1010 g/mol. The van der Waals surface area contributed by atoms with Crippen molar-refractivity contribution in [2.24, 2.45) is 20.0 Å². The molecule has 0 fully saturated rings. The van der Waals surface area contributed by atoms with Crippen LogP contribution in [0.2, 0.25) is 0 Å². The fraction of sp³-hybridized carbons (Fsp3) is 0.250. The number of nitrogens with zero attached hydrogens (tertiary/aromatic N) is 8. The molecule has 0 radical (unpaired) electrons. The molecule has 0 saturated carbocycles. The zero-order valence-corrected chi connectivity index (χ0v) is 43.9. The van der Waals surface area contributed by atoms with Crippen LogP contribution in [-0.4, -0.2) is 71.2 Å². The van der Waals surface area contributed by atoms with Crippen LogP contribution in [0.4, 0.5) is 22.7 Å². The van der Waals surface area contributed by atoms with Crippen molar-refractivity contribution >= 4 is 47.6 Å². The summed E-state index contributed by atoms with van der Waals surface area (Å²) in [5, 5.41) is 0. The fourth-order valence-corrected chi connectivity index (χ4v) is 9.07. The Morgan fingerprint density at radius 3 is 0.671 bits per heavy atom. The largest absolute Gasteiger partial charge is 0.493 e. The van der Waals surface area contributed by atoms with Crippen molar-refractivity contribution < 1.29 is 18.9 Å². The monoisotopic (exact) mass is 1010 g/mol. The lowest BCUT2D eigenvalue weighted by Crippen LogP contribution is -2.10. The maximum Gasteiger partial charge on any atom is 0.126 e. The molecule has 12 heteroatoms. The molecule has 1 aliphatic rings. The van der Waals surface area contributed by atoms with Crippen molar-refractivity contribution in [3.63, 3.8) is 0 Å². The summed E-state index contributed by atoms with van der Waals surface area (Å²) < 4.78 is 27.8. The van der Waals surface area contributed by atoms with Gasteiger partial charge in [0.15, 0.2) is 0 Å². The molecule has 0 aliphatic heterocycles. The van der Waals surface area contributed by atoms with Crippen LogP contribution in [0.3, 0.4) is 0 Å². The van der Waals surface area contributed by atoms with Crippen LogP contribution >= 0.6 is 0 Å². The van der Waals surface area contributed by atoms with Crippen LogP contribution in [0, 0.1) is 0 Å². The Labute approximate surface area is 446 Å². The Morgan fingerprint density at radius 1 is 0.316 bits per heavy atom. The summed E-state index contributed by atoms with van der Waals surface area (Å²) in [6.45, 7) is 10.6. The molecule has 1 aliphatic carbocycles. The van der Waals surface area contributed by atoms with Gasteiger partial charge in [0, 0.05) is 145 Å². The van der Waals surface area contributed by atoms with Crippen LogP contribution in [0.15, 0.2) is 167 Å². The molecule has 4 aromatic carbocycles. The highest BCUT2D eigenvalue weighted by molar-refractivity contribution is 5.84. The van der Waals surface area contributed by atoms with Gasteiger partial charge in [-0.05, 0) is 145 Å². The summed E-state index contributed by atoms with van der Waals surface area (Å²) in [5.41, 5.74) is 14.6. The van der Waals surface area contributed by atoms with Gasteiger partial charge in [-0.2, -0.15) is 0 Å². The van der Waals surface area contributed by atoms with Crippen molar-refractivity contribution in [1.29, 1.82) is 0 Å². The number of hydrogen-bond donors (Lipinski definition) is 0. The van der Waals surface area contributed by atoms with E-state index >= 15 is 0 Å². The van der Waals surface area contributed by atoms with Gasteiger partial charge in [0.2, 0.25) is 0 Å². The zero-order chi connectivity index (χ0) is 52.3. The smallest absolute Gasteiger partial charge is 0.126 e.